The first-order chi connectivity index (χ1) is 13.0. The van der Waals surface area contributed by atoms with Crippen molar-refractivity contribution in [1.29, 1.82) is 0 Å². The van der Waals surface area contributed by atoms with E-state index < -0.39 is 0 Å². The predicted octanol–water partition coefficient (Wildman–Crippen LogP) is 3.15. The molecule has 1 aliphatic rings. The van der Waals surface area contributed by atoms with Gasteiger partial charge in [0.05, 0.1) is 5.69 Å². The molecule has 0 N–H and O–H groups in total. The zero-order valence-corrected chi connectivity index (χ0v) is 16.6. The zero-order chi connectivity index (χ0) is 19.4. The Labute approximate surface area is 161 Å². The van der Waals surface area contributed by atoms with Gasteiger partial charge < -0.3 is 9.80 Å². The van der Waals surface area contributed by atoms with Crippen LogP contribution in [0.25, 0.3) is 0 Å². The summed E-state index contributed by atoms with van der Waals surface area (Å²) >= 11 is 0. The summed E-state index contributed by atoms with van der Waals surface area (Å²) in [5.74, 6) is 0.763. The lowest BCUT2D eigenvalue weighted by atomic mass is 10.2. The van der Waals surface area contributed by atoms with Gasteiger partial charge in [-0.05, 0) is 45.6 Å². The van der Waals surface area contributed by atoms with E-state index in [2.05, 4.69) is 36.0 Å². The van der Waals surface area contributed by atoms with E-state index in [9.17, 15) is 4.79 Å². The van der Waals surface area contributed by atoms with Gasteiger partial charge in [0, 0.05) is 19.6 Å². The molecule has 0 bridgehead atoms. The number of guanidine groups is 1. The van der Waals surface area contributed by atoms with Crippen LogP contribution < -0.4 is 4.90 Å². The van der Waals surface area contributed by atoms with Crippen molar-refractivity contribution in [3.05, 3.63) is 65.7 Å². The van der Waals surface area contributed by atoms with E-state index in [0.717, 1.165) is 31.3 Å². The van der Waals surface area contributed by atoms with Crippen LogP contribution in [-0.4, -0.2) is 54.9 Å². The number of anilines is 1. The maximum Gasteiger partial charge on any atom is 0.258 e. The van der Waals surface area contributed by atoms with E-state index in [1.54, 1.807) is 4.90 Å². The predicted molar refractivity (Wildman–Crippen MR) is 111 cm³/mol. The first-order valence-electron chi connectivity index (χ1n) is 9.38. The second-order valence-corrected chi connectivity index (χ2v) is 7.32. The van der Waals surface area contributed by atoms with Crippen molar-refractivity contribution in [2.75, 3.05) is 32.1 Å². The first-order valence-corrected chi connectivity index (χ1v) is 9.38. The average Bonchev–Trinajstić information content (AvgIpc) is 2.95. The molecule has 1 atom stereocenters. The molecule has 2 aromatic rings. The molecule has 0 radical (unpaired) electrons. The van der Waals surface area contributed by atoms with Crippen molar-refractivity contribution in [3.8, 4) is 0 Å². The van der Waals surface area contributed by atoms with E-state index in [4.69, 9.17) is 4.99 Å². The lowest BCUT2D eigenvalue weighted by molar-refractivity contribution is -0.117. The highest BCUT2D eigenvalue weighted by atomic mass is 16.2. The molecule has 1 unspecified atom stereocenters. The molecule has 0 saturated carbocycles. The Balaban J connectivity index is 1.92. The summed E-state index contributed by atoms with van der Waals surface area (Å²) in [6.45, 7) is 6.31. The molecule has 2 aromatic carbocycles. The van der Waals surface area contributed by atoms with Gasteiger partial charge in [0.1, 0.15) is 6.04 Å². The lowest BCUT2D eigenvalue weighted by Gasteiger charge is -2.31. The van der Waals surface area contributed by atoms with E-state index in [1.165, 1.54) is 11.1 Å². The number of hydrogen-bond acceptors (Lipinski definition) is 4. The molecule has 1 aliphatic heterocycles. The normalized spacial score (nSPS) is 16.8. The molecule has 0 aliphatic carbocycles. The van der Waals surface area contributed by atoms with E-state index in [-0.39, 0.29) is 11.9 Å². The van der Waals surface area contributed by atoms with Crippen molar-refractivity contribution in [3.63, 3.8) is 0 Å². The van der Waals surface area contributed by atoms with Gasteiger partial charge in [-0.15, -0.1) is 0 Å². The minimum Gasteiger partial charge on any atom is -0.337 e. The van der Waals surface area contributed by atoms with E-state index >= 15 is 0 Å². The molecule has 1 amide bonds. The SMILES string of the molecule is Cc1ccc(N2C(=O)C(C)N=C2N(CCN(C)C)Cc2ccccc2)cc1. The third-order valence-corrected chi connectivity index (χ3v) is 4.70. The number of rotatable bonds is 6. The van der Waals surface area contributed by atoms with Crippen molar-refractivity contribution in [2.45, 2.75) is 26.4 Å². The summed E-state index contributed by atoms with van der Waals surface area (Å²) in [5, 5.41) is 0. The monoisotopic (exact) mass is 364 g/mol. The third kappa shape index (κ3) is 4.55. The molecule has 27 heavy (non-hydrogen) atoms. The number of amides is 1. The van der Waals surface area contributed by atoms with Gasteiger partial charge in [-0.2, -0.15) is 0 Å². The molecule has 142 valence electrons. The molecule has 0 fully saturated rings. The molecular weight excluding hydrogens is 336 g/mol. The number of aliphatic imine (C=N–C) groups is 1. The van der Waals surface area contributed by atoms with Gasteiger partial charge in [-0.3, -0.25) is 4.79 Å². The van der Waals surface area contributed by atoms with Gasteiger partial charge in [-0.1, -0.05) is 48.0 Å². The average molecular weight is 364 g/mol. The van der Waals surface area contributed by atoms with E-state index in [0.29, 0.717) is 0 Å². The van der Waals surface area contributed by atoms with Gasteiger partial charge in [0.2, 0.25) is 5.96 Å². The third-order valence-electron chi connectivity index (χ3n) is 4.70. The van der Waals surface area contributed by atoms with Crippen LogP contribution in [0, 0.1) is 6.92 Å². The Bertz CT molecular complexity index is 799. The summed E-state index contributed by atoms with van der Waals surface area (Å²) in [7, 11) is 4.12. The molecule has 0 aromatic heterocycles. The molecule has 5 heteroatoms. The number of hydrogen-bond donors (Lipinski definition) is 0. The topological polar surface area (TPSA) is 39.2 Å². The number of carbonyl (C=O) groups is 1. The van der Waals surface area contributed by atoms with Gasteiger partial charge in [0.15, 0.2) is 0 Å². The molecule has 1 heterocycles. The summed E-state index contributed by atoms with van der Waals surface area (Å²) in [4.78, 5) is 23.7. The Hall–Kier alpha value is -2.66. The highest BCUT2D eigenvalue weighted by Crippen LogP contribution is 2.24. The molecule has 0 spiro atoms. The summed E-state index contributed by atoms with van der Waals surface area (Å²) in [5.41, 5.74) is 3.25. The van der Waals surface area contributed by atoms with Crippen molar-refractivity contribution in [2.24, 2.45) is 4.99 Å². The minimum atomic E-state index is -0.362. The lowest BCUT2D eigenvalue weighted by Crippen LogP contribution is -2.46. The number of likely N-dealkylation sites (N-methyl/N-ethyl adjacent to an activating group) is 1. The standard InChI is InChI=1S/C22H28N4O/c1-17-10-12-20(13-11-17)26-21(27)18(2)23-22(26)25(15-14-24(3)4)16-19-8-6-5-7-9-19/h5-13,18H,14-16H2,1-4H3. The second-order valence-electron chi connectivity index (χ2n) is 7.32. The number of aryl methyl sites for hydroxylation is 1. The quantitative estimate of drug-likeness (QED) is 0.790. The molecular formula is C22H28N4O. The maximum atomic E-state index is 12.9. The van der Waals surface area contributed by atoms with Crippen LogP contribution in [-0.2, 0) is 11.3 Å². The van der Waals surface area contributed by atoms with Crippen molar-refractivity contribution in [1.82, 2.24) is 9.80 Å². The van der Waals surface area contributed by atoms with Crippen LogP contribution in [0.4, 0.5) is 5.69 Å². The fourth-order valence-electron chi connectivity index (χ4n) is 3.11. The zero-order valence-electron chi connectivity index (χ0n) is 16.6. The largest absolute Gasteiger partial charge is 0.337 e. The summed E-state index contributed by atoms with van der Waals surface area (Å²) in [6, 6.07) is 18.0. The number of nitrogens with zero attached hydrogens (tertiary/aromatic N) is 4. The maximum absolute atomic E-state index is 12.9. The molecule has 5 nitrogen and oxygen atoms in total. The highest BCUT2D eigenvalue weighted by Gasteiger charge is 2.35. The van der Waals surface area contributed by atoms with Crippen LogP contribution in [0.2, 0.25) is 0 Å². The molecule has 0 saturated heterocycles. The van der Waals surface area contributed by atoms with Crippen molar-refractivity contribution < 1.29 is 4.79 Å². The van der Waals surface area contributed by atoms with Crippen LogP contribution in [0.3, 0.4) is 0 Å². The van der Waals surface area contributed by atoms with E-state index in [1.807, 2.05) is 56.3 Å². The second kappa shape index (κ2) is 8.35. The Morgan fingerprint density at radius 1 is 1.00 bits per heavy atom. The Morgan fingerprint density at radius 3 is 2.30 bits per heavy atom. The summed E-state index contributed by atoms with van der Waals surface area (Å²) < 4.78 is 0. The van der Waals surface area contributed by atoms with Crippen molar-refractivity contribution >= 4 is 17.6 Å². The van der Waals surface area contributed by atoms with Crippen LogP contribution >= 0.6 is 0 Å². The number of carbonyl (C=O) groups excluding carboxylic acids is 1. The van der Waals surface area contributed by atoms with Gasteiger partial charge >= 0.3 is 0 Å². The van der Waals surface area contributed by atoms with Crippen LogP contribution in [0.1, 0.15) is 18.1 Å². The van der Waals surface area contributed by atoms with Crippen LogP contribution in [0.15, 0.2) is 59.6 Å². The first kappa shape index (κ1) is 19.1. The fraction of sp³-hybridized carbons (Fsp3) is 0.364. The Kier molecular flexibility index (Phi) is 5.91. The smallest absolute Gasteiger partial charge is 0.258 e. The van der Waals surface area contributed by atoms with Crippen LogP contribution in [0.5, 0.6) is 0 Å². The highest BCUT2D eigenvalue weighted by molar-refractivity contribution is 6.21. The van der Waals surface area contributed by atoms with Gasteiger partial charge in [-0.25, -0.2) is 9.89 Å². The fourth-order valence-corrected chi connectivity index (χ4v) is 3.11. The summed E-state index contributed by atoms with van der Waals surface area (Å²) in [6.07, 6.45) is 0. The number of benzene rings is 2. The van der Waals surface area contributed by atoms with Gasteiger partial charge in [0.25, 0.3) is 5.91 Å². The molecule has 3 rings (SSSR count). The Morgan fingerprint density at radius 2 is 1.67 bits per heavy atom. The minimum absolute atomic E-state index is 0.0248.